The largest absolute Gasteiger partial charge is 0.469 e. The summed E-state index contributed by atoms with van der Waals surface area (Å²) in [6.07, 6.45) is 0.0690. The van der Waals surface area contributed by atoms with E-state index in [1.54, 1.807) is 0 Å². The van der Waals surface area contributed by atoms with Gasteiger partial charge >= 0.3 is 5.97 Å². The summed E-state index contributed by atoms with van der Waals surface area (Å²) in [5.74, 6) is 4.86. The Balaban J connectivity index is 2.66. The molecule has 1 rings (SSSR count). The molecule has 2 N–H and O–H groups in total. The van der Waals surface area contributed by atoms with E-state index in [0.717, 1.165) is 5.01 Å². The molecule has 0 aromatic rings. The molecule has 0 spiro atoms. The van der Waals surface area contributed by atoms with Gasteiger partial charge in [0, 0.05) is 6.92 Å². The Morgan fingerprint density at radius 3 is 2.43 bits per heavy atom. The predicted octanol–water partition coefficient (Wildman–Crippen LogP) is -0.959. The number of carbonyl (C=O) groups is 2. The molecule has 1 fully saturated rings. The summed E-state index contributed by atoms with van der Waals surface area (Å²) < 4.78 is 9.50. The average Bonchev–Trinajstić information content (AvgIpc) is 2.09. The van der Waals surface area contributed by atoms with Crippen LogP contribution in [-0.2, 0) is 19.1 Å². The zero-order valence-electron chi connectivity index (χ0n) is 8.28. The van der Waals surface area contributed by atoms with Crippen LogP contribution < -0.4 is 5.84 Å². The van der Waals surface area contributed by atoms with Gasteiger partial charge in [0.15, 0.2) is 0 Å². The summed E-state index contributed by atoms with van der Waals surface area (Å²) in [5, 5.41) is 1.05. The minimum absolute atomic E-state index is 0.0690. The highest BCUT2D eigenvalue weighted by molar-refractivity contribution is 5.76. The van der Waals surface area contributed by atoms with E-state index in [9.17, 15) is 9.59 Å². The van der Waals surface area contributed by atoms with Gasteiger partial charge in [-0.2, -0.15) is 0 Å². The Kier molecular flexibility index (Phi) is 3.07. The summed E-state index contributed by atoms with van der Waals surface area (Å²) in [7, 11) is 1.30. The maximum atomic E-state index is 11.1. The fourth-order valence-corrected chi connectivity index (χ4v) is 1.34. The second-order valence-electron chi connectivity index (χ2n) is 3.36. The summed E-state index contributed by atoms with van der Waals surface area (Å²) in [5.41, 5.74) is -0.709. The van der Waals surface area contributed by atoms with Crippen molar-refractivity contribution in [3.8, 4) is 0 Å². The number of esters is 1. The number of ether oxygens (including phenoxy) is 2. The summed E-state index contributed by atoms with van der Waals surface area (Å²) >= 11 is 0. The number of nitrogens with two attached hydrogens (primary N) is 1. The van der Waals surface area contributed by atoms with Crippen molar-refractivity contribution >= 4 is 11.9 Å². The molecular weight excluding hydrogens is 188 g/mol. The van der Waals surface area contributed by atoms with Crippen molar-refractivity contribution in [3.05, 3.63) is 0 Å². The number of hydrogen-bond donors (Lipinski definition) is 1. The Bertz CT molecular complexity index is 250. The SMILES string of the molecule is COC(=O)CC1(N(N)C(C)=O)COC1. The first-order valence-electron chi connectivity index (χ1n) is 4.22. The lowest BCUT2D eigenvalue weighted by Crippen LogP contribution is -2.67. The first kappa shape index (κ1) is 10.9. The molecule has 6 heteroatoms. The van der Waals surface area contributed by atoms with E-state index in [1.165, 1.54) is 14.0 Å². The van der Waals surface area contributed by atoms with Crippen LogP contribution >= 0.6 is 0 Å². The smallest absolute Gasteiger partial charge is 0.308 e. The quantitative estimate of drug-likeness (QED) is 0.276. The minimum Gasteiger partial charge on any atom is -0.469 e. The maximum Gasteiger partial charge on any atom is 0.308 e. The zero-order valence-corrected chi connectivity index (χ0v) is 8.28. The average molecular weight is 202 g/mol. The Morgan fingerprint density at radius 1 is 1.57 bits per heavy atom. The van der Waals surface area contributed by atoms with Gasteiger partial charge in [-0.3, -0.25) is 14.6 Å². The molecule has 1 heterocycles. The number of methoxy groups -OCH3 is 1. The number of hydrazine groups is 1. The van der Waals surface area contributed by atoms with Crippen molar-refractivity contribution in [1.29, 1.82) is 0 Å². The summed E-state index contributed by atoms with van der Waals surface area (Å²) in [6.45, 7) is 1.90. The van der Waals surface area contributed by atoms with Crippen molar-refractivity contribution in [3.63, 3.8) is 0 Å². The second-order valence-corrected chi connectivity index (χ2v) is 3.36. The van der Waals surface area contributed by atoms with E-state index in [-0.39, 0.29) is 25.5 Å². The van der Waals surface area contributed by atoms with Crippen LogP contribution in [0.25, 0.3) is 0 Å². The minimum atomic E-state index is -0.709. The molecule has 0 aliphatic carbocycles. The lowest BCUT2D eigenvalue weighted by Gasteiger charge is -2.46. The van der Waals surface area contributed by atoms with Gasteiger partial charge in [-0.25, -0.2) is 5.84 Å². The molecule has 0 saturated carbocycles. The van der Waals surface area contributed by atoms with Gasteiger partial charge in [0.05, 0.1) is 26.7 Å². The molecule has 1 aliphatic heterocycles. The van der Waals surface area contributed by atoms with E-state index in [1.807, 2.05) is 0 Å². The summed E-state index contributed by atoms with van der Waals surface area (Å²) in [4.78, 5) is 22.1. The highest BCUT2D eigenvalue weighted by Gasteiger charge is 2.46. The number of rotatable bonds is 3. The molecule has 0 atom stereocenters. The van der Waals surface area contributed by atoms with Crippen molar-refractivity contribution < 1.29 is 19.1 Å². The first-order chi connectivity index (χ1) is 6.52. The molecule has 14 heavy (non-hydrogen) atoms. The number of carbonyl (C=O) groups excluding carboxylic acids is 2. The number of amides is 1. The molecule has 0 aromatic heterocycles. The van der Waals surface area contributed by atoms with E-state index in [2.05, 4.69) is 4.74 Å². The van der Waals surface area contributed by atoms with Crippen LogP contribution in [0, 0.1) is 0 Å². The fraction of sp³-hybridized carbons (Fsp3) is 0.750. The highest BCUT2D eigenvalue weighted by Crippen LogP contribution is 2.27. The molecule has 1 saturated heterocycles. The van der Waals surface area contributed by atoms with Gasteiger partial charge < -0.3 is 9.47 Å². The van der Waals surface area contributed by atoms with E-state index < -0.39 is 11.5 Å². The predicted molar refractivity (Wildman–Crippen MR) is 46.9 cm³/mol. The van der Waals surface area contributed by atoms with Crippen molar-refractivity contribution in [1.82, 2.24) is 5.01 Å². The molecule has 1 aliphatic rings. The van der Waals surface area contributed by atoms with Crippen LogP contribution in [0.15, 0.2) is 0 Å². The van der Waals surface area contributed by atoms with Gasteiger partial charge in [0.25, 0.3) is 0 Å². The van der Waals surface area contributed by atoms with Crippen LogP contribution in [0.5, 0.6) is 0 Å². The Hall–Kier alpha value is -1.14. The summed E-state index contributed by atoms with van der Waals surface area (Å²) in [6, 6.07) is 0. The molecule has 80 valence electrons. The lowest BCUT2D eigenvalue weighted by molar-refractivity contribution is -0.177. The Morgan fingerprint density at radius 2 is 2.14 bits per heavy atom. The third-order valence-electron chi connectivity index (χ3n) is 2.29. The van der Waals surface area contributed by atoms with Crippen molar-refractivity contribution in [2.24, 2.45) is 5.84 Å². The van der Waals surface area contributed by atoms with Gasteiger partial charge in [-0.1, -0.05) is 0 Å². The third kappa shape index (κ3) is 1.85. The molecule has 1 amide bonds. The van der Waals surface area contributed by atoms with Gasteiger partial charge in [-0.05, 0) is 0 Å². The van der Waals surface area contributed by atoms with Gasteiger partial charge in [0.1, 0.15) is 5.54 Å². The van der Waals surface area contributed by atoms with E-state index >= 15 is 0 Å². The topological polar surface area (TPSA) is 81.9 Å². The van der Waals surface area contributed by atoms with Crippen molar-refractivity contribution in [2.75, 3.05) is 20.3 Å². The molecule has 0 aromatic carbocycles. The van der Waals surface area contributed by atoms with Crippen LogP contribution in [0.3, 0.4) is 0 Å². The maximum absolute atomic E-state index is 11.1. The standard InChI is InChI=1S/C8H14N2O4/c1-6(11)10(9)8(4-14-5-8)3-7(12)13-2/h3-5,9H2,1-2H3. The van der Waals surface area contributed by atoms with Crippen LogP contribution in [-0.4, -0.2) is 42.7 Å². The molecule has 0 unspecified atom stereocenters. The van der Waals surface area contributed by atoms with E-state index in [0.29, 0.717) is 0 Å². The number of nitrogens with zero attached hydrogens (tertiary/aromatic N) is 1. The normalized spacial score (nSPS) is 18.2. The fourth-order valence-electron chi connectivity index (χ4n) is 1.34. The molecule has 0 bridgehead atoms. The highest BCUT2D eigenvalue weighted by atomic mass is 16.5. The first-order valence-corrected chi connectivity index (χ1v) is 4.22. The van der Waals surface area contributed by atoms with Crippen LogP contribution in [0.4, 0.5) is 0 Å². The second kappa shape index (κ2) is 3.93. The number of hydrogen-bond acceptors (Lipinski definition) is 5. The Labute approximate surface area is 81.9 Å². The molecule has 6 nitrogen and oxygen atoms in total. The van der Waals surface area contributed by atoms with Gasteiger partial charge in [-0.15, -0.1) is 0 Å². The lowest BCUT2D eigenvalue weighted by atomic mass is 9.92. The van der Waals surface area contributed by atoms with Crippen molar-refractivity contribution in [2.45, 2.75) is 18.9 Å². The monoisotopic (exact) mass is 202 g/mol. The third-order valence-corrected chi connectivity index (χ3v) is 2.29. The molecular formula is C8H14N2O4. The zero-order chi connectivity index (χ0) is 10.8. The molecule has 0 radical (unpaired) electrons. The van der Waals surface area contributed by atoms with Gasteiger partial charge in [0.2, 0.25) is 5.91 Å². The van der Waals surface area contributed by atoms with Crippen LogP contribution in [0.1, 0.15) is 13.3 Å². The van der Waals surface area contributed by atoms with E-state index in [4.69, 9.17) is 10.6 Å². The van der Waals surface area contributed by atoms with Crippen LogP contribution in [0.2, 0.25) is 0 Å².